The van der Waals surface area contributed by atoms with E-state index >= 15 is 0 Å². The molecule has 1 aromatic rings. The van der Waals surface area contributed by atoms with Gasteiger partial charge < -0.3 is 16.4 Å². The molecular formula is C13H19ClFN3O. The van der Waals surface area contributed by atoms with E-state index in [0.29, 0.717) is 10.7 Å². The third kappa shape index (κ3) is 5.89. The van der Waals surface area contributed by atoms with E-state index in [-0.39, 0.29) is 31.0 Å². The molecule has 0 spiro atoms. The Balaban J connectivity index is 2.63. The number of carbonyl (C=O) groups is 1. The first-order valence-corrected chi connectivity index (χ1v) is 6.50. The molecule has 19 heavy (non-hydrogen) atoms. The van der Waals surface area contributed by atoms with Gasteiger partial charge in [0.1, 0.15) is 5.82 Å². The first-order chi connectivity index (χ1) is 8.90. The summed E-state index contributed by atoms with van der Waals surface area (Å²) in [5.74, 6) is -0.530. The van der Waals surface area contributed by atoms with Crippen LogP contribution < -0.4 is 16.4 Å². The highest BCUT2D eigenvalue weighted by atomic mass is 35.5. The van der Waals surface area contributed by atoms with Crippen molar-refractivity contribution in [1.29, 1.82) is 0 Å². The molecule has 0 heterocycles. The first-order valence-electron chi connectivity index (χ1n) is 6.12. The fourth-order valence-electron chi connectivity index (χ4n) is 1.67. The summed E-state index contributed by atoms with van der Waals surface area (Å²) in [6.07, 6.45) is 0.225. The van der Waals surface area contributed by atoms with Crippen LogP contribution in [0.25, 0.3) is 0 Å². The van der Waals surface area contributed by atoms with Crippen molar-refractivity contribution in [2.75, 3.05) is 11.9 Å². The lowest BCUT2D eigenvalue weighted by atomic mass is 10.1. The number of hydrogen-bond acceptors (Lipinski definition) is 3. The van der Waals surface area contributed by atoms with E-state index in [1.54, 1.807) is 6.07 Å². The summed E-state index contributed by atoms with van der Waals surface area (Å²) in [6, 6.07) is 3.93. The molecule has 6 heteroatoms. The number of anilines is 1. The lowest BCUT2D eigenvalue weighted by molar-refractivity contribution is -0.121. The highest BCUT2D eigenvalue weighted by Crippen LogP contribution is 2.19. The minimum absolute atomic E-state index is 0.0783. The van der Waals surface area contributed by atoms with Crippen LogP contribution in [0.5, 0.6) is 0 Å². The molecule has 106 valence electrons. The van der Waals surface area contributed by atoms with E-state index < -0.39 is 5.82 Å². The second kappa shape index (κ2) is 7.31. The summed E-state index contributed by atoms with van der Waals surface area (Å²) < 4.78 is 13.2. The van der Waals surface area contributed by atoms with E-state index in [0.717, 1.165) is 0 Å². The van der Waals surface area contributed by atoms with Crippen molar-refractivity contribution in [2.24, 2.45) is 5.73 Å². The Labute approximate surface area is 117 Å². The summed E-state index contributed by atoms with van der Waals surface area (Å²) in [4.78, 5) is 11.6. The third-order valence-electron chi connectivity index (χ3n) is 2.40. The number of hydrogen-bond donors (Lipinski definition) is 3. The van der Waals surface area contributed by atoms with Gasteiger partial charge in [-0.1, -0.05) is 11.6 Å². The van der Waals surface area contributed by atoms with Gasteiger partial charge in [0.2, 0.25) is 5.91 Å². The van der Waals surface area contributed by atoms with E-state index in [2.05, 4.69) is 10.6 Å². The van der Waals surface area contributed by atoms with Crippen molar-refractivity contribution in [3.63, 3.8) is 0 Å². The van der Waals surface area contributed by atoms with Crippen LogP contribution in [-0.4, -0.2) is 24.5 Å². The molecule has 1 rings (SSSR count). The maximum absolute atomic E-state index is 13.2. The molecular weight excluding hydrogens is 269 g/mol. The van der Waals surface area contributed by atoms with E-state index in [9.17, 15) is 9.18 Å². The number of rotatable bonds is 6. The van der Waals surface area contributed by atoms with Crippen LogP contribution in [0, 0.1) is 5.82 Å². The molecule has 0 aliphatic heterocycles. The minimum atomic E-state index is -0.433. The zero-order chi connectivity index (χ0) is 14.4. The van der Waals surface area contributed by atoms with Crippen molar-refractivity contribution in [1.82, 2.24) is 5.32 Å². The molecule has 4 N–H and O–H groups in total. The van der Waals surface area contributed by atoms with Gasteiger partial charge in [0.15, 0.2) is 0 Å². The normalized spacial score (nSPS) is 12.3. The Bertz CT molecular complexity index is 420. The Kier molecular flexibility index (Phi) is 6.05. The lowest BCUT2D eigenvalue weighted by Crippen LogP contribution is -2.38. The standard InChI is InChI=1S/C13H19ClFN3O/c1-8(2)17-13(19)6-12(7-16)18-11-4-9(14)3-10(15)5-11/h3-5,8,12,18H,6-7,16H2,1-2H3,(H,17,19). The molecule has 1 unspecified atom stereocenters. The Morgan fingerprint density at radius 3 is 2.63 bits per heavy atom. The van der Waals surface area contributed by atoms with Gasteiger partial charge in [-0.3, -0.25) is 4.79 Å². The number of halogens is 2. The molecule has 1 atom stereocenters. The van der Waals surface area contributed by atoms with Crippen LogP contribution in [0.2, 0.25) is 5.02 Å². The molecule has 0 radical (unpaired) electrons. The molecule has 0 aromatic heterocycles. The molecule has 0 saturated heterocycles. The van der Waals surface area contributed by atoms with Crippen molar-refractivity contribution in [2.45, 2.75) is 32.4 Å². The predicted molar refractivity (Wildman–Crippen MR) is 75.8 cm³/mol. The number of carbonyl (C=O) groups excluding carboxylic acids is 1. The number of nitrogens with one attached hydrogen (secondary N) is 2. The van der Waals surface area contributed by atoms with Gasteiger partial charge in [-0.15, -0.1) is 0 Å². The lowest BCUT2D eigenvalue weighted by Gasteiger charge is -2.19. The highest BCUT2D eigenvalue weighted by molar-refractivity contribution is 6.30. The van der Waals surface area contributed by atoms with Gasteiger partial charge in [0.05, 0.1) is 0 Å². The zero-order valence-electron chi connectivity index (χ0n) is 11.0. The Hall–Kier alpha value is -1.33. The molecule has 1 amide bonds. The second-order valence-electron chi connectivity index (χ2n) is 4.66. The maximum atomic E-state index is 13.2. The summed E-state index contributed by atoms with van der Waals surface area (Å²) >= 11 is 5.76. The molecule has 1 aromatic carbocycles. The third-order valence-corrected chi connectivity index (χ3v) is 2.62. The number of benzene rings is 1. The van der Waals surface area contributed by atoms with Crippen LogP contribution in [0.4, 0.5) is 10.1 Å². The smallest absolute Gasteiger partial charge is 0.222 e. The Morgan fingerprint density at radius 2 is 2.11 bits per heavy atom. The number of nitrogens with two attached hydrogens (primary N) is 1. The van der Waals surface area contributed by atoms with Crippen LogP contribution in [0.15, 0.2) is 18.2 Å². The topological polar surface area (TPSA) is 67.2 Å². The fourth-order valence-corrected chi connectivity index (χ4v) is 1.89. The van der Waals surface area contributed by atoms with Gasteiger partial charge in [0, 0.05) is 35.8 Å². The molecule has 0 saturated carbocycles. The van der Waals surface area contributed by atoms with Crippen LogP contribution in [-0.2, 0) is 4.79 Å². The van der Waals surface area contributed by atoms with E-state index in [1.165, 1.54) is 12.1 Å². The molecule has 0 aliphatic carbocycles. The fraction of sp³-hybridized carbons (Fsp3) is 0.462. The average Bonchev–Trinajstić information content (AvgIpc) is 2.25. The maximum Gasteiger partial charge on any atom is 0.222 e. The molecule has 4 nitrogen and oxygen atoms in total. The predicted octanol–water partition coefficient (Wildman–Crippen LogP) is 2.13. The summed E-state index contributed by atoms with van der Waals surface area (Å²) in [5.41, 5.74) is 6.12. The zero-order valence-corrected chi connectivity index (χ0v) is 11.8. The molecule has 0 aliphatic rings. The number of amides is 1. The van der Waals surface area contributed by atoms with Gasteiger partial charge in [-0.25, -0.2) is 4.39 Å². The van der Waals surface area contributed by atoms with Crippen molar-refractivity contribution in [3.8, 4) is 0 Å². The summed E-state index contributed by atoms with van der Waals surface area (Å²) in [5, 5.41) is 6.08. The summed E-state index contributed by atoms with van der Waals surface area (Å²) in [6.45, 7) is 4.03. The molecule has 0 bridgehead atoms. The first kappa shape index (κ1) is 15.7. The quantitative estimate of drug-likeness (QED) is 0.751. The van der Waals surface area contributed by atoms with Gasteiger partial charge in [-0.2, -0.15) is 0 Å². The van der Waals surface area contributed by atoms with Crippen molar-refractivity contribution in [3.05, 3.63) is 29.0 Å². The minimum Gasteiger partial charge on any atom is -0.380 e. The Morgan fingerprint density at radius 1 is 1.42 bits per heavy atom. The van der Waals surface area contributed by atoms with Gasteiger partial charge in [-0.05, 0) is 32.0 Å². The van der Waals surface area contributed by atoms with E-state index in [4.69, 9.17) is 17.3 Å². The second-order valence-corrected chi connectivity index (χ2v) is 5.10. The van der Waals surface area contributed by atoms with Crippen molar-refractivity contribution >= 4 is 23.2 Å². The van der Waals surface area contributed by atoms with Gasteiger partial charge in [0.25, 0.3) is 0 Å². The monoisotopic (exact) mass is 287 g/mol. The van der Waals surface area contributed by atoms with Crippen molar-refractivity contribution < 1.29 is 9.18 Å². The van der Waals surface area contributed by atoms with Crippen LogP contribution in [0.3, 0.4) is 0 Å². The van der Waals surface area contributed by atoms with E-state index in [1.807, 2.05) is 13.8 Å². The highest BCUT2D eigenvalue weighted by Gasteiger charge is 2.13. The SMILES string of the molecule is CC(C)NC(=O)CC(CN)Nc1cc(F)cc(Cl)c1. The molecule has 0 fully saturated rings. The summed E-state index contributed by atoms with van der Waals surface area (Å²) in [7, 11) is 0. The van der Waals surface area contributed by atoms with Crippen LogP contribution in [0.1, 0.15) is 20.3 Å². The largest absolute Gasteiger partial charge is 0.380 e. The van der Waals surface area contributed by atoms with Crippen LogP contribution >= 0.6 is 11.6 Å². The van der Waals surface area contributed by atoms with Gasteiger partial charge >= 0.3 is 0 Å². The average molecular weight is 288 g/mol.